The third-order valence-corrected chi connectivity index (χ3v) is 1.39. The summed E-state index contributed by atoms with van der Waals surface area (Å²) >= 11 is 0. The zero-order valence-corrected chi connectivity index (χ0v) is 10.6. The quantitative estimate of drug-likeness (QED) is 0.536. The summed E-state index contributed by atoms with van der Waals surface area (Å²) in [6, 6.07) is 5.48. The maximum Gasteiger partial charge on any atom is 1.00 e. The molecule has 0 unspecified atom stereocenters. The van der Waals surface area contributed by atoms with E-state index in [1.807, 2.05) is 0 Å². The second-order valence-electron chi connectivity index (χ2n) is 2.16. The molecule has 0 saturated heterocycles. The Labute approximate surface area is 124 Å². The van der Waals surface area contributed by atoms with Gasteiger partial charge in [-0.2, -0.15) is 0 Å². The van der Waals surface area contributed by atoms with E-state index in [9.17, 15) is 9.59 Å². The summed E-state index contributed by atoms with van der Waals surface area (Å²) in [4.78, 5) is 20.9. The Morgan fingerprint density at radius 2 is 1.29 bits per heavy atom. The van der Waals surface area contributed by atoms with Gasteiger partial charge in [0.15, 0.2) is 0 Å². The third-order valence-electron chi connectivity index (χ3n) is 1.39. The molecule has 14 heavy (non-hydrogen) atoms. The number of hydrogen-bond donors (Lipinski definition) is 2. The van der Waals surface area contributed by atoms with Crippen molar-refractivity contribution in [1.82, 2.24) is 0 Å². The van der Waals surface area contributed by atoms with Gasteiger partial charge < -0.3 is 17.1 Å². The van der Waals surface area contributed by atoms with Gasteiger partial charge in [-0.1, -0.05) is 12.1 Å². The normalized spacial score (nSPS) is 8.00. The molecule has 0 saturated carbocycles. The van der Waals surface area contributed by atoms with E-state index in [-0.39, 0.29) is 69.4 Å². The molecule has 0 aromatic heterocycles. The number of aromatic carboxylic acids is 2. The fourth-order valence-corrected chi connectivity index (χ4v) is 0.856. The molecule has 5 nitrogen and oxygen atoms in total. The summed E-state index contributed by atoms with van der Waals surface area (Å²) in [6.07, 6.45) is 0. The van der Waals surface area contributed by atoms with E-state index in [2.05, 4.69) is 0 Å². The molecule has 72 valence electrons. The van der Waals surface area contributed by atoms with Gasteiger partial charge >= 0.3 is 63.3 Å². The van der Waals surface area contributed by atoms with Crippen LogP contribution in [0.25, 0.3) is 0 Å². The Bertz CT molecular complexity index is 309. The Morgan fingerprint density at radius 3 is 1.50 bits per heavy atom. The molecule has 0 aliphatic rings. The van der Waals surface area contributed by atoms with Crippen molar-refractivity contribution in [3.63, 3.8) is 0 Å². The topological polar surface area (TPSA) is 106 Å². The van der Waals surface area contributed by atoms with Gasteiger partial charge in [0.25, 0.3) is 0 Å². The van der Waals surface area contributed by atoms with E-state index in [1.165, 1.54) is 24.3 Å². The van der Waals surface area contributed by atoms with E-state index in [0.29, 0.717) is 0 Å². The van der Waals surface area contributed by atoms with Crippen LogP contribution in [0.1, 0.15) is 22.1 Å². The molecular formula is C8H9KO5. The first kappa shape index (κ1) is 16.2. The summed E-state index contributed by atoms with van der Waals surface area (Å²) in [5.41, 5.74) is -0.380. The number of benzene rings is 1. The van der Waals surface area contributed by atoms with Crippen LogP contribution in [0.5, 0.6) is 0 Å². The van der Waals surface area contributed by atoms with Crippen LogP contribution < -0.4 is 51.4 Å². The molecule has 1 rings (SSSR count). The van der Waals surface area contributed by atoms with E-state index in [0.717, 1.165) is 0 Å². The van der Waals surface area contributed by atoms with Crippen LogP contribution in [0.4, 0.5) is 0 Å². The van der Waals surface area contributed by atoms with Gasteiger partial charge in [0.1, 0.15) is 0 Å². The molecule has 0 heterocycles. The first-order valence-electron chi connectivity index (χ1n) is 3.18. The van der Waals surface area contributed by atoms with Crippen LogP contribution in [0.3, 0.4) is 0 Å². The standard InChI is InChI=1S/C8H6O4.K.H2O.H/c9-7(10)5-3-1-2-4-6(5)8(11)12;;;/h1-4H,(H,9,10)(H,11,12);;1H2;/q;+1;;-1. The van der Waals surface area contributed by atoms with Crippen molar-refractivity contribution in [2.75, 3.05) is 0 Å². The Balaban J connectivity index is -0.000000480. The number of carbonyl (C=O) groups is 2. The summed E-state index contributed by atoms with van der Waals surface area (Å²) in [7, 11) is 0. The number of hydrogen-bond acceptors (Lipinski definition) is 2. The summed E-state index contributed by atoms with van der Waals surface area (Å²) in [6.45, 7) is 0. The molecule has 0 atom stereocenters. The predicted octanol–water partition coefficient (Wildman–Crippen LogP) is -2.63. The van der Waals surface area contributed by atoms with Gasteiger partial charge in [-0.3, -0.25) is 0 Å². The van der Waals surface area contributed by atoms with Gasteiger partial charge in [0.2, 0.25) is 0 Å². The van der Waals surface area contributed by atoms with Crippen molar-refractivity contribution in [2.45, 2.75) is 0 Å². The van der Waals surface area contributed by atoms with E-state index >= 15 is 0 Å². The molecule has 0 fully saturated rings. The Morgan fingerprint density at radius 1 is 1.00 bits per heavy atom. The number of carboxylic acid groups (broad SMARTS) is 2. The van der Waals surface area contributed by atoms with Crippen molar-refractivity contribution in [1.29, 1.82) is 0 Å². The molecule has 0 aliphatic carbocycles. The van der Waals surface area contributed by atoms with Gasteiger partial charge in [-0.25, -0.2) is 9.59 Å². The van der Waals surface area contributed by atoms with Crippen molar-refractivity contribution in [2.24, 2.45) is 0 Å². The molecule has 4 N–H and O–H groups in total. The van der Waals surface area contributed by atoms with Crippen molar-refractivity contribution >= 4 is 11.9 Å². The van der Waals surface area contributed by atoms with Gasteiger partial charge in [-0.15, -0.1) is 0 Å². The minimum Gasteiger partial charge on any atom is -1.00 e. The minimum atomic E-state index is -1.23. The fourth-order valence-electron chi connectivity index (χ4n) is 0.856. The Kier molecular flexibility index (Phi) is 8.22. The molecular weight excluding hydrogens is 215 g/mol. The maximum absolute atomic E-state index is 10.5. The van der Waals surface area contributed by atoms with E-state index in [4.69, 9.17) is 10.2 Å². The first-order valence-corrected chi connectivity index (χ1v) is 3.18. The second-order valence-corrected chi connectivity index (χ2v) is 2.16. The number of carboxylic acids is 2. The fraction of sp³-hybridized carbons (Fsp3) is 0. The van der Waals surface area contributed by atoms with Crippen LogP contribution in [0.2, 0.25) is 0 Å². The third kappa shape index (κ3) is 3.87. The molecule has 0 radical (unpaired) electrons. The number of rotatable bonds is 2. The zero-order chi connectivity index (χ0) is 9.14. The van der Waals surface area contributed by atoms with Crippen LogP contribution in [-0.2, 0) is 0 Å². The first-order chi connectivity index (χ1) is 5.63. The summed E-state index contributed by atoms with van der Waals surface area (Å²) < 4.78 is 0. The molecule has 0 amide bonds. The second kappa shape index (κ2) is 7.10. The van der Waals surface area contributed by atoms with Gasteiger partial charge in [0, 0.05) is 0 Å². The SMILES string of the molecule is O.O=C(O)c1ccccc1C(=O)O.[H-].[K+]. The van der Waals surface area contributed by atoms with Crippen molar-refractivity contribution in [3.05, 3.63) is 35.4 Å². The van der Waals surface area contributed by atoms with Crippen LogP contribution in [0, 0.1) is 0 Å². The van der Waals surface area contributed by atoms with E-state index in [1.54, 1.807) is 0 Å². The zero-order valence-electron chi connectivity index (χ0n) is 8.52. The summed E-state index contributed by atoms with van der Waals surface area (Å²) in [5, 5.41) is 17.1. The van der Waals surface area contributed by atoms with Crippen molar-refractivity contribution in [3.8, 4) is 0 Å². The van der Waals surface area contributed by atoms with E-state index < -0.39 is 11.9 Å². The monoisotopic (exact) mass is 224 g/mol. The van der Waals surface area contributed by atoms with Crippen LogP contribution in [0.15, 0.2) is 24.3 Å². The average Bonchev–Trinajstić information content (AvgIpc) is 2.04. The molecule has 6 heteroatoms. The molecule has 0 spiro atoms. The molecule has 0 bridgehead atoms. The maximum atomic E-state index is 10.5. The molecule has 1 aromatic carbocycles. The smallest absolute Gasteiger partial charge is 1.00 e. The molecule has 0 aliphatic heterocycles. The summed E-state index contributed by atoms with van der Waals surface area (Å²) in [5.74, 6) is -2.46. The predicted molar refractivity (Wildman–Crippen MR) is 45.1 cm³/mol. The van der Waals surface area contributed by atoms with Crippen LogP contribution >= 0.6 is 0 Å². The average molecular weight is 224 g/mol. The largest absolute Gasteiger partial charge is 1.00 e. The van der Waals surface area contributed by atoms with Crippen LogP contribution in [-0.4, -0.2) is 27.6 Å². The minimum absolute atomic E-state index is 0. The Hall–Kier alpha value is -0.244. The van der Waals surface area contributed by atoms with Crippen molar-refractivity contribution < 1.29 is 78.1 Å². The molecule has 1 aromatic rings. The van der Waals surface area contributed by atoms with Gasteiger partial charge in [-0.05, 0) is 12.1 Å². The van der Waals surface area contributed by atoms with Gasteiger partial charge in [0.05, 0.1) is 11.1 Å².